The van der Waals surface area contributed by atoms with Gasteiger partial charge in [0.15, 0.2) is 5.16 Å². The first kappa shape index (κ1) is 17.8. The molecule has 0 fully saturated rings. The first-order valence-corrected chi connectivity index (χ1v) is 9.51. The summed E-state index contributed by atoms with van der Waals surface area (Å²) < 4.78 is 33.3. The maximum absolute atomic E-state index is 13.4. The fourth-order valence-corrected chi connectivity index (χ4v) is 3.99. The number of alkyl halides is 2. The molecule has 2 heterocycles. The lowest BCUT2D eigenvalue weighted by molar-refractivity contribution is -0.119. The van der Waals surface area contributed by atoms with Crippen molar-refractivity contribution in [2.75, 3.05) is 12.4 Å². The third kappa shape index (κ3) is 3.62. The van der Waals surface area contributed by atoms with Crippen molar-refractivity contribution in [2.24, 2.45) is 0 Å². The Morgan fingerprint density at radius 2 is 2.04 bits per heavy atom. The van der Waals surface area contributed by atoms with Crippen LogP contribution in [0.25, 0.3) is 11.0 Å². The number of ether oxygens (including phenoxy) is 1. The second-order valence-electron chi connectivity index (χ2n) is 6.11. The molecule has 4 rings (SSSR count). The minimum Gasteiger partial charge on any atom is -0.493 e. The predicted molar refractivity (Wildman–Crippen MR) is 99.1 cm³/mol. The van der Waals surface area contributed by atoms with E-state index >= 15 is 0 Å². The minimum absolute atomic E-state index is 0.00949. The molecule has 140 valence electrons. The van der Waals surface area contributed by atoms with Gasteiger partial charge in [-0.1, -0.05) is 42.1 Å². The molecule has 0 saturated heterocycles. The number of thioether (sulfide) groups is 1. The maximum Gasteiger partial charge on any atom is 0.321 e. The number of carbonyl (C=O) groups excluding carboxylic acids is 1. The molecule has 8 heteroatoms. The van der Waals surface area contributed by atoms with Crippen LogP contribution in [-0.2, 0) is 4.79 Å². The van der Waals surface area contributed by atoms with E-state index in [9.17, 15) is 13.6 Å². The second kappa shape index (κ2) is 7.56. The number of amides is 1. The van der Waals surface area contributed by atoms with E-state index in [-0.39, 0.29) is 22.9 Å². The minimum atomic E-state index is -2.72. The summed E-state index contributed by atoms with van der Waals surface area (Å²) in [5.41, 5.74) is 1.77. The standard InChI is InChI=1S/C19H17F2N3O2S/c20-18(21)24-15-7-3-2-6-14(15)23-19(24)27-11-17(25)22-13-9-10-26-16-8-4-1-5-12(13)16/h1-8,13,18H,9-11H2,(H,22,25). The molecule has 1 atom stereocenters. The molecule has 27 heavy (non-hydrogen) atoms. The van der Waals surface area contributed by atoms with E-state index in [4.69, 9.17) is 4.74 Å². The van der Waals surface area contributed by atoms with Gasteiger partial charge in [-0.15, -0.1) is 0 Å². The van der Waals surface area contributed by atoms with Gasteiger partial charge < -0.3 is 10.1 Å². The van der Waals surface area contributed by atoms with Crippen molar-refractivity contribution >= 4 is 28.7 Å². The summed E-state index contributed by atoms with van der Waals surface area (Å²) in [4.78, 5) is 16.6. The molecule has 1 aliphatic heterocycles. The number of nitrogens with zero attached hydrogens (tertiary/aromatic N) is 2. The number of benzene rings is 2. The lowest BCUT2D eigenvalue weighted by Gasteiger charge is -2.26. The molecule has 1 aliphatic rings. The maximum atomic E-state index is 13.4. The Morgan fingerprint density at radius 3 is 2.89 bits per heavy atom. The van der Waals surface area contributed by atoms with Crippen LogP contribution in [0, 0.1) is 0 Å². The topological polar surface area (TPSA) is 56.2 Å². The van der Waals surface area contributed by atoms with E-state index in [2.05, 4.69) is 10.3 Å². The lowest BCUT2D eigenvalue weighted by Crippen LogP contribution is -2.33. The Balaban J connectivity index is 1.46. The number of carbonyl (C=O) groups is 1. The molecule has 0 aliphatic carbocycles. The van der Waals surface area contributed by atoms with Gasteiger partial charge in [0.05, 0.1) is 29.4 Å². The molecule has 0 spiro atoms. The van der Waals surface area contributed by atoms with Gasteiger partial charge in [-0.3, -0.25) is 9.36 Å². The van der Waals surface area contributed by atoms with Crippen LogP contribution in [0.1, 0.15) is 24.6 Å². The van der Waals surface area contributed by atoms with Gasteiger partial charge in [0.1, 0.15) is 5.75 Å². The van der Waals surface area contributed by atoms with Gasteiger partial charge in [-0.25, -0.2) is 4.98 Å². The van der Waals surface area contributed by atoms with Gasteiger partial charge in [0.2, 0.25) is 5.91 Å². The SMILES string of the molecule is O=C(CSc1nc2ccccc2n1C(F)F)NC1CCOc2ccccc21. The fraction of sp³-hybridized carbons (Fsp3) is 0.263. The van der Waals surface area contributed by atoms with Crippen molar-refractivity contribution in [3.05, 3.63) is 54.1 Å². The lowest BCUT2D eigenvalue weighted by atomic mass is 10.0. The molecule has 0 bridgehead atoms. The zero-order chi connectivity index (χ0) is 18.8. The normalized spacial score (nSPS) is 16.2. The summed E-state index contributed by atoms with van der Waals surface area (Å²) in [6.45, 7) is -2.19. The Bertz CT molecular complexity index is 976. The van der Waals surface area contributed by atoms with Crippen LogP contribution in [0.2, 0.25) is 0 Å². The Kier molecular flexibility index (Phi) is 4.98. The van der Waals surface area contributed by atoms with Crippen molar-refractivity contribution in [3.8, 4) is 5.75 Å². The third-order valence-electron chi connectivity index (χ3n) is 4.38. The smallest absolute Gasteiger partial charge is 0.321 e. The molecule has 1 N–H and O–H groups in total. The molecule has 1 amide bonds. The number of aromatic nitrogens is 2. The van der Waals surface area contributed by atoms with Gasteiger partial charge in [0, 0.05) is 12.0 Å². The Labute approximate surface area is 158 Å². The third-order valence-corrected chi connectivity index (χ3v) is 5.34. The number of para-hydroxylation sites is 3. The van der Waals surface area contributed by atoms with Crippen molar-refractivity contribution in [1.82, 2.24) is 14.9 Å². The summed E-state index contributed by atoms with van der Waals surface area (Å²) in [5.74, 6) is 0.547. The van der Waals surface area contributed by atoms with Gasteiger partial charge >= 0.3 is 6.55 Å². The molecular formula is C19H17F2N3O2S. The zero-order valence-corrected chi connectivity index (χ0v) is 15.1. The summed E-state index contributed by atoms with van der Waals surface area (Å²) in [7, 11) is 0. The highest BCUT2D eigenvalue weighted by Crippen LogP contribution is 2.32. The van der Waals surface area contributed by atoms with E-state index in [0.29, 0.717) is 24.1 Å². The average molecular weight is 389 g/mol. The molecular weight excluding hydrogens is 372 g/mol. The second-order valence-corrected chi connectivity index (χ2v) is 7.06. The van der Waals surface area contributed by atoms with E-state index in [0.717, 1.165) is 27.6 Å². The van der Waals surface area contributed by atoms with E-state index < -0.39 is 6.55 Å². The van der Waals surface area contributed by atoms with Crippen molar-refractivity contribution in [3.63, 3.8) is 0 Å². The first-order valence-electron chi connectivity index (χ1n) is 8.52. The monoisotopic (exact) mass is 389 g/mol. The first-order chi connectivity index (χ1) is 13.1. The number of hydrogen-bond donors (Lipinski definition) is 1. The molecule has 1 unspecified atom stereocenters. The van der Waals surface area contributed by atoms with E-state index in [1.807, 2.05) is 24.3 Å². The average Bonchev–Trinajstić information content (AvgIpc) is 3.05. The quantitative estimate of drug-likeness (QED) is 0.666. The molecule has 1 aromatic heterocycles. The number of imidazole rings is 1. The van der Waals surface area contributed by atoms with E-state index in [1.165, 1.54) is 0 Å². The summed E-state index contributed by atoms with van der Waals surface area (Å²) in [6, 6.07) is 14.1. The predicted octanol–water partition coefficient (Wildman–Crippen LogP) is 4.16. The van der Waals surface area contributed by atoms with Crippen LogP contribution in [0.4, 0.5) is 8.78 Å². The highest BCUT2D eigenvalue weighted by atomic mass is 32.2. The molecule has 0 saturated carbocycles. The van der Waals surface area contributed by atoms with Crippen molar-refractivity contribution < 1.29 is 18.3 Å². The summed E-state index contributed by atoms with van der Waals surface area (Å²) >= 11 is 1.01. The van der Waals surface area contributed by atoms with Crippen molar-refractivity contribution in [1.29, 1.82) is 0 Å². The Hall–Kier alpha value is -2.61. The zero-order valence-electron chi connectivity index (χ0n) is 14.3. The van der Waals surface area contributed by atoms with Crippen LogP contribution in [-0.4, -0.2) is 27.8 Å². The molecule has 0 radical (unpaired) electrons. The summed E-state index contributed by atoms with van der Waals surface area (Å²) in [6.07, 6.45) is 0.670. The number of hydrogen-bond acceptors (Lipinski definition) is 4. The van der Waals surface area contributed by atoms with Crippen LogP contribution in [0.5, 0.6) is 5.75 Å². The fourth-order valence-electron chi connectivity index (χ4n) is 3.17. The molecule has 5 nitrogen and oxygen atoms in total. The van der Waals surface area contributed by atoms with Crippen LogP contribution in [0.3, 0.4) is 0 Å². The van der Waals surface area contributed by atoms with E-state index in [1.54, 1.807) is 24.3 Å². The highest BCUT2D eigenvalue weighted by molar-refractivity contribution is 7.99. The van der Waals surface area contributed by atoms with Gasteiger partial charge in [-0.2, -0.15) is 8.78 Å². The number of fused-ring (bicyclic) bond motifs is 2. The van der Waals surface area contributed by atoms with Gasteiger partial charge in [-0.05, 0) is 18.2 Å². The summed E-state index contributed by atoms with van der Waals surface area (Å²) in [5, 5.41) is 3.10. The molecule has 3 aromatic rings. The van der Waals surface area contributed by atoms with Crippen LogP contribution >= 0.6 is 11.8 Å². The molecule has 2 aromatic carbocycles. The number of rotatable bonds is 5. The largest absolute Gasteiger partial charge is 0.493 e. The number of halogens is 2. The van der Waals surface area contributed by atoms with Crippen LogP contribution < -0.4 is 10.1 Å². The van der Waals surface area contributed by atoms with Crippen molar-refractivity contribution in [2.45, 2.75) is 24.2 Å². The van der Waals surface area contributed by atoms with Crippen LogP contribution in [0.15, 0.2) is 53.7 Å². The Morgan fingerprint density at radius 1 is 1.26 bits per heavy atom. The number of nitrogens with one attached hydrogen (secondary N) is 1. The van der Waals surface area contributed by atoms with Gasteiger partial charge in [0.25, 0.3) is 0 Å². The highest BCUT2D eigenvalue weighted by Gasteiger charge is 2.23.